The Morgan fingerprint density at radius 3 is 2.64 bits per heavy atom. The number of allylic oxidation sites excluding steroid dienone is 2. The van der Waals surface area contributed by atoms with E-state index in [4.69, 9.17) is 0 Å². The Morgan fingerprint density at radius 1 is 0.929 bits per heavy atom. The van der Waals surface area contributed by atoms with Crippen molar-refractivity contribution in [2.45, 2.75) is 32.1 Å². The largest absolute Gasteiger partial charge is 0.147 e. The lowest BCUT2D eigenvalue weighted by Gasteiger charge is -2.13. The van der Waals surface area contributed by atoms with Gasteiger partial charge in [-0.2, -0.15) is 0 Å². The molecule has 0 fully saturated rings. The zero-order chi connectivity index (χ0) is 8.67. The van der Waals surface area contributed by atoms with Gasteiger partial charge in [0.15, 0.2) is 0 Å². The van der Waals surface area contributed by atoms with Gasteiger partial charge in [0.2, 0.25) is 0 Å². The van der Waals surface area contributed by atoms with E-state index < -0.39 is 0 Å². The molecule has 0 aromatic heterocycles. The van der Waals surface area contributed by atoms with Gasteiger partial charge >= 0.3 is 0 Å². The number of halogens is 1. The van der Waals surface area contributed by atoms with Gasteiger partial charge in [0.25, 0.3) is 0 Å². The van der Waals surface area contributed by atoms with Crippen LogP contribution in [-0.4, -0.2) is 0 Å². The first-order chi connectivity index (χ1) is 6.45. The summed E-state index contributed by atoms with van der Waals surface area (Å²) in [6.45, 7) is 0. The summed E-state index contributed by atoms with van der Waals surface area (Å²) in [5.41, 5.74) is 6.53. The third-order valence-corrected chi connectivity index (χ3v) is 3.33. The average molecular weight is 207 g/mol. The van der Waals surface area contributed by atoms with E-state index in [2.05, 4.69) is 24.3 Å². The van der Waals surface area contributed by atoms with Crippen LogP contribution in [0.15, 0.2) is 29.8 Å². The van der Waals surface area contributed by atoms with Gasteiger partial charge < -0.3 is 0 Å². The van der Waals surface area contributed by atoms with E-state index in [1.807, 2.05) is 0 Å². The summed E-state index contributed by atoms with van der Waals surface area (Å²) < 4.78 is 0. The lowest BCUT2D eigenvalue weighted by Crippen LogP contribution is -1.93. The Labute approximate surface area is 91.4 Å². The summed E-state index contributed by atoms with van der Waals surface area (Å²) in [6, 6.07) is 8.91. The summed E-state index contributed by atoms with van der Waals surface area (Å²) >= 11 is 0. The number of fused-ring (bicyclic) bond motifs is 2. The summed E-state index contributed by atoms with van der Waals surface area (Å²) in [7, 11) is 0. The van der Waals surface area contributed by atoms with Gasteiger partial charge in [0.05, 0.1) is 0 Å². The van der Waals surface area contributed by atoms with Crippen molar-refractivity contribution in [3.8, 4) is 0 Å². The highest BCUT2D eigenvalue weighted by Gasteiger charge is 2.22. The van der Waals surface area contributed by atoms with E-state index in [0.717, 1.165) is 0 Å². The monoisotopic (exact) mass is 206 g/mol. The lowest BCUT2D eigenvalue weighted by atomic mass is 9.92. The SMILES string of the molecule is Cl.c1ccc2c(c1)CC1=C2CCCC1. The number of rotatable bonds is 0. The fraction of sp³-hybridized carbons (Fsp3) is 0.385. The fourth-order valence-electron chi connectivity index (χ4n) is 2.69. The maximum Gasteiger partial charge on any atom is -0.00550 e. The van der Waals surface area contributed by atoms with Crippen molar-refractivity contribution in [1.29, 1.82) is 0 Å². The van der Waals surface area contributed by atoms with Crippen LogP contribution < -0.4 is 0 Å². The second-order valence-corrected chi connectivity index (χ2v) is 4.12. The third kappa shape index (κ3) is 1.38. The molecule has 2 aliphatic carbocycles. The van der Waals surface area contributed by atoms with Gasteiger partial charge in [0, 0.05) is 0 Å². The van der Waals surface area contributed by atoms with Crippen molar-refractivity contribution >= 4 is 18.0 Å². The quantitative estimate of drug-likeness (QED) is 0.602. The fourth-order valence-corrected chi connectivity index (χ4v) is 2.69. The van der Waals surface area contributed by atoms with Crippen LogP contribution in [0.25, 0.3) is 5.57 Å². The minimum absolute atomic E-state index is 0. The molecule has 1 aromatic rings. The molecule has 0 bridgehead atoms. The van der Waals surface area contributed by atoms with E-state index in [0.29, 0.717) is 0 Å². The minimum Gasteiger partial charge on any atom is -0.147 e. The van der Waals surface area contributed by atoms with E-state index >= 15 is 0 Å². The van der Waals surface area contributed by atoms with Crippen LogP contribution in [0.3, 0.4) is 0 Å². The van der Waals surface area contributed by atoms with Crippen molar-refractivity contribution in [3.63, 3.8) is 0 Å². The van der Waals surface area contributed by atoms with Crippen molar-refractivity contribution < 1.29 is 0 Å². The molecule has 0 saturated carbocycles. The van der Waals surface area contributed by atoms with Gasteiger partial charge in [-0.05, 0) is 48.8 Å². The zero-order valence-corrected chi connectivity index (χ0v) is 9.07. The predicted molar refractivity (Wildman–Crippen MR) is 62.8 cm³/mol. The number of hydrogen-bond acceptors (Lipinski definition) is 0. The Kier molecular flexibility index (Phi) is 2.64. The summed E-state index contributed by atoms with van der Waals surface area (Å²) in [4.78, 5) is 0. The normalized spacial score (nSPS) is 18.6. The second-order valence-electron chi connectivity index (χ2n) is 4.12. The molecule has 1 aromatic carbocycles. The van der Waals surface area contributed by atoms with E-state index in [1.54, 1.807) is 22.3 Å². The molecule has 0 heterocycles. The molecule has 74 valence electrons. The van der Waals surface area contributed by atoms with Crippen molar-refractivity contribution in [1.82, 2.24) is 0 Å². The minimum atomic E-state index is 0. The molecule has 0 aliphatic heterocycles. The Morgan fingerprint density at radius 2 is 1.71 bits per heavy atom. The average Bonchev–Trinajstić information content (AvgIpc) is 2.56. The summed E-state index contributed by atoms with van der Waals surface area (Å²) in [5, 5.41) is 0. The first-order valence-corrected chi connectivity index (χ1v) is 5.24. The van der Waals surface area contributed by atoms with Crippen LogP contribution in [0.5, 0.6) is 0 Å². The standard InChI is InChI=1S/C13H14.ClH/c1-3-7-12-10(5-1)9-11-6-2-4-8-13(11)12;/h1,3,5,7H,2,4,6,8-9H2;1H. The molecule has 2 aliphatic rings. The van der Waals surface area contributed by atoms with Crippen LogP contribution in [0, 0.1) is 0 Å². The van der Waals surface area contributed by atoms with Crippen molar-refractivity contribution in [2.75, 3.05) is 0 Å². The molecule has 0 spiro atoms. The molecule has 0 atom stereocenters. The van der Waals surface area contributed by atoms with Crippen LogP contribution in [-0.2, 0) is 6.42 Å². The van der Waals surface area contributed by atoms with Gasteiger partial charge in [-0.3, -0.25) is 0 Å². The van der Waals surface area contributed by atoms with Crippen molar-refractivity contribution in [3.05, 3.63) is 41.0 Å². The van der Waals surface area contributed by atoms with Gasteiger partial charge in [-0.1, -0.05) is 29.8 Å². The molecular formula is C13H15Cl. The highest BCUT2D eigenvalue weighted by atomic mass is 35.5. The number of hydrogen-bond donors (Lipinski definition) is 0. The molecule has 3 rings (SSSR count). The van der Waals surface area contributed by atoms with Gasteiger partial charge in [0.1, 0.15) is 0 Å². The molecule has 0 N–H and O–H groups in total. The third-order valence-electron chi connectivity index (χ3n) is 3.33. The van der Waals surface area contributed by atoms with Crippen LogP contribution in [0.1, 0.15) is 36.8 Å². The molecule has 1 heteroatoms. The van der Waals surface area contributed by atoms with Crippen LogP contribution in [0.2, 0.25) is 0 Å². The van der Waals surface area contributed by atoms with Crippen LogP contribution in [0.4, 0.5) is 0 Å². The zero-order valence-electron chi connectivity index (χ0n) is 8.25. The van der Waals surface area contributed by atoms with Gasteiger partial charge in [-0.25, -0.2) is 0 Å². The lowest BCUT2D eigenvalue weighted by molar-refractivity contribution is 0.711. The maximum atomic E-state index is 2.29. The first kappa shape index (κ1) is 9.79. The number of benzene rings is 1. The molecular weight excluding hydrogens is 192 g/mol. The maximum absolute atomic E-state index is 2.29. The first-order valence-electron chi connectivity index (χ1n) is 5.24. The Balaban J connectivity index is 0.000000750. The molecule has 0 unspecified atom stereocenters. The molecule has 14 heavy (non-hydrogen) atoms. The molecule has 0 amide bonds. The van der Waals surface area contributed by atoms with E-state index in [-0.39, 0.29) is 12.4 Å². The van der Waals surface area contributed by atoms with Gasteiger partial charge in [-0.15, -0.1) is 12.4 Å². The molecule has 0 nitrogen and oxygen atoms in total. The Hall–Kier alpha value is -0.750. The highest BCUT2D eigenvalue weighted by molar-refractivity contribution is 5.85. The second kappa shape index (κ2) is 3.78. The summed E-state index contributed by atoms with van der Waals surface area (Å²) in [5.74, 6) is 0. The van der Waals surface area contributed by atoms with Crippen molar-refractivity contribution in [2.24, 2.45) is 0 Å². The predicted octanol–water partition coefficient (Wildman–Crippen LogP) is 3.99. The highest BCUT2D eigenvalue weighted by Crippen LogP contribution is 2.40. The topological polar surface area (TPSA) is 0 Å². The van der Waals surface area contributed by atoms with E-state index in [1.165, 1.54) is 32.1 Å². The molecule has 0 saturated heterocycles. The molecule has 0 radical (unpaired) electrons. The Bertz CT molecular complexity index is 377. The van der Waals surface area contributed by atoms with E-state index in [9.17, 15) is 0 Å². The smallest absolute Gasteiger partial charge is 0.00550 e. The summed E-state index contributed by atoms with van der Waals surface area (Å²) in [6.07, 6.45) is 6.72. The van der Waals surface area contributed by atoms with Crippen LogP contribution >= 0.6 is 12.4 Å².